The number of ketones is 1. The van der Waals surface area contributed by atoms with Gasteiger partial charge in [0.05, 0.1) is 5.69 Å². The number of aromatic nitrogens is 1. The number of carbonyl (C=O) groups is 2. The van der Waals surface area contributed by atoms with Crippen LogP contribution in [-0.2, 0) is 16.1 Å². The molecule has 33 heavy (non-hydrogen) atoms. The number of benzene rings is 2. The minimum atomic E-state index is -1.01. The van der Waals surface area contributed by atoms with Gasteiger partial charge in [0.15, 0.2) is 30.0 Å². The second kappa shape index (κ2) is 9.03. The van der Waals surface area contributed by atoms with Crippen LogP contribution < -0.4 is 9.47 Å². The number of carbonyl (C=O) groups excluding carboxylic acids is 1. The van der Waals surface area contributed by atoms with Crippen molar-refractivity contribution in [1.82, 2.24) is 4.57 Å². The molecule has 8 nitrogen and oxygen atoms in total. The van der Waals surface area contributed by atoms with Crippen LogP contribution in [0.2, 0.25) is 0 Å². The second-order valence-corrected chi connectivity index (χ2v) is 8.67. The van der Waals surface area contributed by atoms with E-state index in [1.165, 1.54) is 6.40 Å². The van der Waals surface area contributed by atoms with Crippen LogP contribution in [0.25, 0.3) is 0 Å². The average molecular weight is 464 g/mol. The lowest BCUT2D eigenvalue weighted by Gasteiger charge is -2.15. The van der Waals surface area contributed by atoms with Crippen molar-refractivity contribution in [2.24, 2.45) is 4.99 Å². The van der Waals surface area contributed by atoms with Crippen molar-refractivity contribution in [2.45, 2.75) is 23.6 Å². The van der Waals surface area contributed by atoms with Gasteiger partial charge < -0.3 is 23.9 Å². The maximum atomic E-state index is 13.0. The van der Waals surface area contributed by atoms with Crippen molar-refractivity contribution in [3.8, 4) is 11.5 Å². The molecule has 1 N–H and O–H groups in total. The van der Waals surface area contributed by atoms with Gasteiger partial charge in [-0.3, -0.25) is 4.79 Å². The molecule has 0 spiro atoms. The third-order valence-electron chi connectivity index (χ3n) is 5.45. The van der Waals surface area contributed by atoms with E-state index < -0.39 is 18.1 Å². The standard InChI is InChI=1S/C24H20N2O6S/c27-22(15-6-7-19-20(12-15)32-14-31-19)18-5-2-8-26(18)9-10-33-17-4-1-3-16(11-17)23-21(24(28)29)25-13-30-23/h1-8,11-13,21,23H,9-10,14H2,(H,28,29). The van der Waals surface area contributed by atoms with E-state index >= 15 is 0 Å². The molecular weight excluding hydrogens is 444 g/mol. The van der Waals surface area contributed by atoms with Gasteiger partial charge in [-0.25, -0.2) is 9.79 Å². The normalized spacial score (nSPS) is 18.3. The Morgan fingerprint density at radius 2 is 1.97 bits per heavy atom. The molecule has 5 rings (SSSR count). The molecule has 9 heteroatoms. The van der Waals surface area contributed by atoms with Crippen molar-refractivity contribution < 1.29 is 28.9 Å². The molecule has 2 aliphatic rings. The highest BCUT2D eigenvalue weighted by Crippen LogP contribution is 2.33. The van der Waals surface area contributed by atoms with Crippen LogP contribution in [0.5, 0.6) is 11.5 Å². The molecule has 0 amide bonds. The number of nitrogens with zero attached hydrogens (tertiary/aromatic N) is 2. The van der Waals surface area contributed by atoms with Gasteiger partial charge in [-0.1, -0.05) is 12.1 Å². The van der Waals surface area contributed by atoms with Crippen molar-refractivity contribution in [3.05, 3.63) is 77.6 Å². The van der Waals surface area contributed by atoms with Gasteiger partial charge in [-0.05, 0) is 48.0 Å². The SMILES string of the molecule is O=C(c1ccc2c(c1)OCO2)c1cccn1CCSc1cccc(C2OC=NC2C(=O)O)c1. The number of hydrogen-bond donors (Lipinski definition) is 1. The quantitative estimate of drug-likeness (QED) is 0.400. The zero-order valence-electron chi connectivity index (χ0n) is 17.4. The Balaban J connectivity index is 1.23. The Labute approximate surface area is 193 Å². The van der Waals surface area contributed by atoms with E-state index in [9.17, 15) is 14.7 Å². The number of aliphatic imine (C=N–C) groups is 1. The van der Waals surface area contributed by atoms with Crippen molar-refractivity contribution >= 4 is 29.9 Å². The Kier molecular flexibility index (Phi) is 5.78. The zero-order valence-corrected chi connectivity index (χ0v) is 18.2. The highest BCUT2D eigenvalue weighted by molar-refractivity contribution is 7.99. The summed E-state index contributed by atoms with van der Waals surface area (Å²) in [7, 11) is 0. The van der Waals surface area contributed by atoms with Gasteiger partial charge in [-0.15, -0.1) is 11.8 Å². The number of thioether (sulfide) groups is 1. The Hall–Kier alpha value is -3.72. The molecule has 0 aliphatic carbocycles. The zero-order chi connectivity index (χ0) is 22.8. The van der Waals surface area contributed by atoms with Gasteiger partial charge in [0.2, 0.25) is 12.6 Å². The highest BCUT2D eigenvalue weighted by Gasteiger charge is 2.33. The number of aliphatic carboxylic acids is 1. The topological polar surface area (TPSA) is 99.4 Å². The van der Waals surface area contributed by atoms with Gasteiger partial charge in [-0.2, -0.15) is 0 Å². The average Bonchev–Trinajstić information content (AvgIpc) is 3.58. The molecule has 0 saturated heterocycles. The summed E-state index contributed by atoms with van der Waals surface area (Å²) in [6.45, 7) is 0.799. The molecule has 0 bridgehead atoms. The highest BCUT2D eigenvalue weighted by atomic mass is 32.2. The lowest BCUT2D eigenvalue weighted by Crippen LogP contribution is -2.23. The van der Waals surface area contributed by atoms with Crippen molar-refractivity contribution in [3.63, 3.8) is 0 Å². The summed E-state index contributed by atoms with van der Waals surface area (Å²) in [4.78, 5) is 29.3. The molecule has 3 heterocycles. The summed E-state index contributed by atoms with van der Waals surface area (Å²) in [5.74, 6) is 0.854. The fourth-order valence-corrected chi connectivity index (χ4v) is 4.73. The molecule has 0 fully saturated rings. The molecule has 0 saturated carbocycles. The van der Waals surface area contributed by atoms with Crippen LogP contribution in [0.3, 0.4) is 0 Å². The van der Waals surface area contributed by atoms with Crippen LogP contribution in [-0.4, -0.2) is 46.4 Å². The first kappa shape index (κ1) is 21.1. The Morgan fingerprint density at radius 1 is 1.09 bits per heavy atom. The van der Waals surface area contributed by atoms with Gasteiger partial charge in [0, 0.05) is 29.0 Å². The van der Waals surface area contributed by atoms with Crippen LogP contribution in [0.15, 0.2) is 70.7 Å². The summed E-state index contributed by atoms with van der Waals surface area (Å²) in [5.41, 5.74) is 1.92. The third-order valence-corrected chi connectivity index (χ3v) is 6.43. The van der Waals surface area contributed by atoms with E-state index in [0.717, 1.165) is 16.2 Å². The number of ether oxygens (including phenoxy) is 3. The Bertz CT molecular complexity index is 1240. The molecule has 2 aliphatic heterocycles. The van der Waals surface area contributed by atoms with Crippen LogP contribution >= 0.6 is 11.8 Å². The van der Waals surface area contributed by atoms with E-state index in [1.54, 1.807) is 30.0 Å². The predicted octanol–water partition coefficient (Wildman–Crippen LogP) is 3.79. The monoisotopic (exact) mass is 464 g/mol. The van der Waals surface area contributed by atoms with Crippen LogP contribution in [0, 0.1) is 0 Å². The number of rotatable bonds is 8. The van der Waals surface area contributed by atoms with Crippen LogP contribution in [0.4, 0.5) is 0 Å². The summed E-state index contributed by atoms with van der Waals surface area (Å²) < 4.78 is 18.0. The minimum absolute atomic E-state index is 0.0802. The maximum Gasteiger partial charge on any atom is 0.332 e. The summed E-state index contributed by atoms with van der Waals surface area (Å²) in [6, 6.07) is 15.5. The number of aryl methyl sites for hydroxylation is 1. The fraction of sp³-hybridized carbons (Fsp3) is 0.208. The number of carboxylic acid groups (broad SMARTS) is 1. The van der Waals surface area contributed by atoms with E-state index in [1.807, 2.05) is 47.2 Å². The number of carboxylic acids is 1. The van der Waals surface area contributed by atoms with Crippen molar-refractivity contribution in [1.29, 1.82) is 0 Å². The fourth-order valence-electron chi connectivity index (χ4n) is 3.82. The lowest BCUT2D eigenvalue weighted by molar-refractivity contribution is -0.140. The van der Waals surface area contributed by atoms with Gasteiger partial charge in [0.1, 0.15) is 0 Å². The molecule has 2 unspecified atom stereocenters. The summed E-state index contributed by atoms with van der Waals surface area (Å²) in [6.07, 6.45) is 2.46. The summed E-state index contributed by atoms with van der Waals surface area (Å²) in [5, 5.41) is 9.32. The molecular formula is C24H20N2O6S. The largest absolute Gasteiger partial charge is 0.480 e. The van der Waals surface area contributed by atoms with E-state index in [2.05, 4.69) is 4.99 Å². The molecule has 168 valence electrons. The third kappa shape index (κ3) is 4.31. The first-order valence-corrected chi connectivity index (χ1v) is 11.3. The molecule has 2 atom stereocenters. The van der Waals surface area contributed by atoms with Crippen LogP contribution in [0.1, 0.15) is 27.7 Å². The number of hydrogen-bond acceptors (Lipinski definition) is 7. The maximum absolute atomic E-state index is 13.0. The molecule has 0 radical (unpaired) electrons. The molecule has 2 aromatic carbocycles. The molecule has 3 aromatic rings. The summed E-state index contributed by atoms with van der Waals surface area (Å²) >= 11 is 1.62. The first-order chi connectivity index (χ1) is 16.1. The van der Waals surface area contributed by atoms with Gasteiger partial charge >= 0.3 is 5.97 Å². The minimum Gasteiger partial charge on any atom is -0.480 e. The Morgan fingerprint density at radius 3 is 2.85 bits per heavy atom. The smallest absolute Gasteiger partial charge is 0.332 e. The van der Waals surface area contributed by atoms with E-state index in [-0.39, 0.29) is 12.6 Å². The van der Waals surface area contributed by atoms with E-state index in [4.69, 9.17) is 14.2 Å². The van der Waals surface area contributed by atoms with Crippen molar-refractivity contribution in [2.75, 3.05) is 12.5 Å². The first-order valence-electron chi connectivity index (χ1n) is 10.3. The second-order valence-electron chi connectivity index (χ2n) is 7.50. The lowest BCUT2D eigenvalue weighted by atomic mass is 10.0. The molecule has 1 aromatic heterocycles. The van der Waals surface area contributed by atoms with E-state index in [0.29, 0.717) is 29.3 Å². The number of fused-ring (bicyclic) bond motifs is 1. The predicted molar refractivity (Wildman–Crippen MR) is 121 cm³/mol. The van der Waals surface area contributed by atoms with Gasteiger partial charge in [0.25, 0.3) is 0 Å².